The normalized spacial score (nSPS) is 14.2. The van der Waals surface area contributed by atoms with Gasteiger partial charge in [-0.25, -0.2) is 0 Å². The average Bonchev–Trinajstić information content (AvgIpc) is 2.27. The molecule has 4 nitrogen and oxygen atoms in total. The second-order valence-corrected chi connectivity index (χ2v) is 4.30. The van der Waals surface area contributed by atoms with Crippen LogP contribution in [0.3, 0.4) is 0 Å². The summed E-state index contributed by atoms with van der Waals surface area (Å²) in [4.78, 5) is 12.5. The summed E-state index contributed by atoms with van der Waals surface area (Å²) < 4.78 is 0. The van der Waals surface area contributed by atoms with E-state index in [1.807, 2.05) is 50.2 Å². The van der Waals surface area contributed by atoms with Crippen LogP contribution in [0.1, 0.15) is 25.3 Å². The van der Waals surface area contributed by atoms with Gasteiger partial charge in [0.2, 0.25) is 6.04 Å². The van der Waals surface area contributed by atoms with Crippen molar-refractivity contribution in [1.82, 2.24) is 0 Å². The minimum Gasteiger partial charge on any atom is -0.378 e. The molecular weight excluding hydrogens is 204 g/mol. The van der Waals surface area contributed by atoms with Crippen LogP contribution in [0.25, 0.3) is 0 Å². The molecular formula is C12H18N2O2. The third-order valence-electron chi connectivity index (χ3n) is 2.99. The highest BCUT2D eigenvalue weighted by molar-refractivity contribution is 5.46. The van der Waals surface area contributed by atoms with Crippen LogP contribution in [0.2, 0.25) is 0 Å². The molecule has 0 aromatic heterocycles. The van der Waals surface area contributed by atoms with E-state index < -0.39 is 6.04 Å². The van der Waals surface area contributed by atoms with Gasteiger partial charge in [-0.2, -0.15) is 0 Å². The third-order valence-corrected chi connectivity index (χ3v) is 2.99. The van der Waals surface area contributed by atoms with Crippen molar-refractivity contribution in [3.05, 3.63) is 39.9 Å². The smallest absolute Gasteiger partial charge is 0.216 e. The summed E-state index contributed by atoms with van der Waals surface area (Å²) in [7, 11) is 3.94. The summed E-state index contributed by atoms with van der Waals surface area (Å²) >= 11 is 0. The first-order valence-electron chi connectivity index (χ1n) is 5.34. The van der Waals surface area contributed by atoms with Crippen LogP contribution < -0.4 is 4.90 Å². The third kappa shape index (κ3) is 2.72. The molecule has 1 aromatic rings. The summed E-state index contributed by atoms with van der Waals surface area (Å²) in [5.74, 6) is -0.0637. The van der Waals surface area contributed by atoms with E-state index in [4.69, 9.17) is 0 Å². The lowest BCUT2D eigenvalue weighted by atomic mass is 9.95. The van der Waals surface area contributed by atoms with Gasteiger partial charge in [0.05, 0.1) is 0 Å². The van der Waals surface area contributed by atoms with Crippen molar-refractivity contribution in [3.8, 4) is 0 Å². The molecule has 4 heteroatoms. The van der Waals surface area contributed by atoms with Crippen molar-refractivity contribution in [2.75, 3.05) is 19.0 Å². The maximum absolute atomic E-state index is 10.7. The number of nitro groups is 1. The molecule has 0 amide bonds. The van der Waals surface area contributed by atoms with Crippen molar-refractivity contribution in [1.29, 1.82) is 0 Å². The minimum absolute atomic E-state index is 0.0637. The predicted molar refractivity (Wildman–Crippen MR) is 65.6 cm³/mol. The molecule has 0 bridgehead atoms. The van der Waals surface area contributed by atoms with E-state index in [2.05, 4.69) is 0 Å². The van der Waals surface area contributed by atoms with Crippen LogP contribution in [-0.2, 0) is 0 Å². The highest BCUT2D eigenvalue weighted by atomic mass is 16.6. The van der Waals surface area contributed by atoms with E-state index in [-0.39, 0.29) is 10.8 Å². The Morgan fingerprint density at radius 3 is 2.06 bits per heavy atom. The van der Waals surface area contributed by atoms with Gasteiger partial charge in [0.25, 0.3) is 0 Å². The van der Waals surface area contributed by atoms with Gasteiger partial charge in [-0.05, 0) is 17.7 Å². The van der Waals surface area contributed by atoms with Crippen molar-refractivity contribution >= 4 is 5.69 Å². The van der Waals surface area contributed by atoms with Gasteiger partial charge in [-0.3, -0.25) is 10.1 Å². The topological polar surface area (TPSA) is 46.4 Å². The van der Waals surface area contributed by atoms with Crippen LogP contribution in [0, 0.1) is 10.1 Å². The summed E-state index contributed by atoms with van der Waals surface area (Å²) in [5, 5.41) is 10.7. The summed E-state index contributed by atoms with van der Waals surface area (Å²) in [5.41, 5.74) is 2.11. The predicted octanol–water partition coefficient (Wildman–Crippen LogP) is 2.52. The molecule has 0 saturated carbocycles. The van der Waals surface area contributed by atoms with Gasteiger partial charge in [0, 0.05) is 37.5 Å². The Morgan fingerprint density at radius 1 is 1.19 bits per heavy atom. The lowest BCUT2D eigenvalue weighted by Crippen LogP contribution is -2.22. The van der Waals surface area contributed by atoms with E-state index in [1.54, 1.807) is 6.92 Å². The fraction of sp³-hybridized carbons (Fsp3) is 0.500. The molecule has 0 spiro atoms. The van der Waals surface area contributed by atoms with E-state index in [0.29, 0.717) is 0 Å². The number of hydrogen-bond acceptors (Lipinski definition) is 3. The van der Waals surface area contributed by atoms with E-state index in [1.165, 1.54) is 0 Å². The molecule has 0 heterocycles. The number of nitrogens with zero attached hydrogens (tertiary/aromatic N) is 2. The number of hydrogen-bond donors (Lipinski definition) is 0. The Kier molecular flexibility index (Phi) is 3.88. The molecule has 2 atom stereocenters. The van der Waals surface area contributed by atoms with Crippen LogP contribution in [0.15, 0.2) is 24.3 Å². The summed E-state index contributed by atoms with van der Waals surface area (Å²) in [6.45, 7) is 3.53. The van der Waals surface area contributed by atoms with Crippen LogP contribution in [0.4, 0.5) is 5.69 Å². The average molecular weight is 222 g/mol. The lowest BCUT2D eigenvalue weighted by Gasteiger charge is -2.16. The zero-order valence-corrected chi connectivity index (χ0v) is 10.2. The zero-order valence-electron chi connectivity index (χ0n) is 10.2. The molecule has 0 radical (unpaired) electrons. The molecule has 0 fully saturated rings. The monoisotopic (exact) mass is 222 g/mol. The molecule has 0 aliphatic rings. The van der Waals surface area contributed by atoms with Crippen LogP contribution >= 0.6 is 0 Å². The number of benzene rings is 1. The fourth-order valence-electron chi connectivity index (χ4n) is 1.54. The van der Waals surface area contributed by atoms with Crippen LogP contribution in [0.5, 0.6) is 0 Å². The lowest BCUT2D eigenvalue weighted by molar-refractivity contribution is -0.521. The maximum atomic E-state index is 10.7. The second kappa shape index (κ2) is 4.96. The summed E-state index contributed by atoms with van der Waals surface area (Å²) in [6.07, 6.45) is 0. The Balaban J connectivity index is 2.85. The van der Waals surface area contributed by atoms with E-state index in [9.17, 15) is 10.1 Å². The van der Waals surface area contributed by atoms with Crippen molar-refractivity contribution < 1.29 is 4.92 Å². The first kappa shape index (κ1) is 12.5. The van der Waals surface area contributed by atoms with Crippen molar-refractivity contribution in [3.63, 3.8) is 0 Å². The second-order valence-electron chi connectivity index (χ2n) is 4.30. The van der Waals surface area contributed by atoms with Crippen molar-refractivity contribution in [2.45, 2.75) is 25.8 Å². The number of rotatable bonds is 4. The van der Waals surface area contributed by atoms with E-state index >= 15 is 0 Å². The molecule has 88 valence electrons. The molecule has 0 aliphatic carbocycles. The molecule has 0 N–H and O–H groups in total. The Hall–Kier alpha value is -1.58. The Morgan fingerprint density at radius 2 is 1.69 bits per heavy atom. The van der Waals surface area contributed by atoms with Gasteiger partial charge < -0.3 is 4.90 Å². The van der Waals surface area contributed by atoms with Gasteiger partial charge in [0.1, 0.15) is 0 Å². The molecule has 16 heavy (non-hydrogen) atoms. The molecule has 0 aliphatic heterocycles. The quantitative estimate of drug-likeness (QED) is 0.581. The van der Waals surface area contributed by atoms with Gasteiger partial charge >= 0.3 is 0 Å². The molecule has 1 rings (SSSR count). The highest BCUT2D eigenvalue weighted by Crippen LogP contribution is 2.23. The first-order chi connectivity index (χ1) is 7.43. The van der Waals surface area contributed by atoms with Crippen LogP contribution in [-0.4, -0.2) is 25.1 Å². The minimum atomic E-state index is -0.551. The Bertz CT molecular complexity index is 360. The van der Waals surface area contributed by atoms with Gasteiger partial charge in [-0.1, -0.05) is 19.1 Å². The zero-order chi connectivity index (χ0) is 12.3. The van der Waals surface area contributed by atoms with Gasteiger partial charge in [-0.15, -0.1) is 0 Å². The molecule has 0 saturated heterocycles. The highest BCUT2D eigenvalue weighted by Gasteiger charge is 2.23. The SMILES string of the molecule is CC(c1ccc(N(C)C)cc1)C(C)[N+](=O)[O-]. The van der Waals surface area contributed by atoms with Gasteiger partial charge in [0.15, 0.2) is 0 Å². The molecule has 1 aromatic carbocycles. The molecule has 2 unspecified atom stereocenters. The summed E-state index contributed by atoms with van der Waals surface area (Å²) in [6, 6.07) is 7.34. The Labute approximate surface area is 96.0 Å². The fourth-order valence-corrected chi connectivity index (χ4v) is 1.54. The first-order valence-corrected chi connectivity index (χ1v) is 5.34. The standard InChI is InChI=1S/C12H18N2O2/c1-9(10(2)14(15)16)11-5-7-12(8-6-11)13(3)4/h5-10H,1-4H3. The van der Waals surface area contributed by atoms with Crippen molar-refractivity contribution in [2.24, 2.45) is 0 Å². The van der Waals surface area contributed by atoms with E-state index in [0.717, 1.165) is 11.3 Å². The maximum Gasteiger partial charge on any atom is 0.216 e. The number of anilines is 1. The largest absolute Gasteiger partial charge is 0.378 e.